The summed E-state index contributed by atoms with van der Waals surface area (Å²) in [6.45, 7) is 3.49. The van der Waals surface area contributed by atoms with Gasteiger partial charge in [-0.05, 0) is 43.3 Å². The number of carbonyl (C=O) groups excluding carboxylic acids is 1. The van der Waals surface area contributed by atoms with Crippen LogP contribution in [0.5, 0.6) is 5.75 Å². The van der Waals surface area contributed by atoms with Crippen LogP contribution in [0.3, 0.4) is 0 Å². The monoisotopic (exact) mass is 376 g/mol. The molecule has 2 aromatic rings. The van der Waals surface area contributed by atoms with Gasteiger partial charge in [0.05, 0.1) is 0 Å². The molecule has 0 radical (unpaired) electrons. The van der Waals surface area contributed by atoms with E-state index in [-0.39, 0.29) is 17.7 Å². The van der Waals surface area contributed by atoms with Gasteiger partial charge >= 0.3 is 6.61 Å². The van der Waals surface area contributed by atoms with Crippen molar-refractivity contribution in [2.24, 2.45) is 0 Å². The molecule has 146 valence electrons. The van der Waals surface area contributed by atoms with E-state index >= 15 is 0 Å². The Labute approximate surface area is 159 Å². The van der Waals surface area contributed by atoms with Crippen LogP contribution in [0.2, 0.25) is 0 Å². The summed E-state index contributed by atoms with van der Waals surface area (Å²) in [7, 11) is 0. The lowest BCUT2D eigenvalue weighted by Gasteiger charge is -2.30. The van der Waals surface area contributed by atoms with Gasteiger partial charge in [0.2, 0.25) is 0 Å². The maximum absolute atomic E-state index is 12.5. The highest BCUT2D eigenvalue weighted by Crippen LogP contribution is 2.16. The molecule has 0 spiro atoms. The molecule has 1 amide bonds. The molecular formula is C21H26F2N2O2. The third-order valence-electron chi connectivity index (χ3n) is 4.46. The van der Waals surface area contributed by atoms with Crippen LogP contribution in [0.4, 0.5) is 8.78 Å². The Kier molecular flexibility index (Phi) is 8.20. The van der Waals surface area contributed by atoms with E-state index in [4.69, 9.17) is 0 Å². The van der Waals surface area contributed by atoms with Crippen LogP contribution in [0.15, 0.2) is 54.6 Å². The van der Waals surface area contributed by atoms with Gasteiger partial charge in [-0.1, -0.05) is 50.2 Å². The number of carbonyl (C=O) groups is 1. The lowest BCUT2D eigenvalue weighted by molar-refractivity contribution is -0.0498. The van der Waals surface area contributed by atoms with E-state index in [0.717, 1.165) is 19.5 Å². The average Bonchev–Trinajstić information content (AvgIpc) is 2.67. The number of halogens is 2. The van der Waals surface area contributed by atoms with Gasteiger partial charge in [0, 0.05) is 18.2 Å². The summed E-state index contributed by atoms with van der Waals surface area (Å²) in [5, 5.41) is 2.93. The van der Waals surface area contributed by atoms with E-state index in [9.17, 15) is 13.6 Å². The topological polar surface area (TPSA) is 41.6 Å². The van der Waals surface area contributed by atoms with Gasteiger partial charge in [0.1, 0.15) is 5.75 Å². The summed E-state index contributed by atoms with van der Waals surface area (Å²) in [6.07, 6.45) is 0.817. The fourth-order valence-corrected chi connectivity index (χ4v) is 3.08. The highest BCUT2D eigenvalue weighted by atomic mass is 19.3. The minimum absolute atomic E-state index is 0.0257. The molecule has 6 heteroatoms. The van der Waals surface area contributed by atoms with Gasteiger partial charge < -0.3 is 10.1 Å². The molecule has 0 aliphatic carbocycles. The molecule has 0 heterocycles. The lowest BCUT2D eigenvalue weighted by atomic mass is 10.0. The van der Waals surface area contributed by atoms with Gasteiger partial charge in [-0.25, -0.2) is 0 Å². The van der Waals surface area contributed by atoms with Crippen LogP contribution in [-0.2, 0) is 6.42 Å². The normalized spacial score (nSPS) is 12.2. The molecule has 0 aliphatic rings. The Balaban J connectivity index is 2.03. The van der Waals surface area contributed by atoms with Crippen molar-refractivity contribution in [3.8, 4) is 5.75 Å². The minimum atomic E-state index is -2.92. The Hall–Kier alpha value is -2.47. The molecule has 1 N–H and O–H groups in total. The molecule has 0 aliphatic heterocycles. The molecule has 0 aromatic heterocycles. The standard InChI is InChI=1S/C21H26F2N2O2/c1-3-25(4-2)18(13-16-9-6-5-7-10-16)15-24-20(26)17-11-8-12-19(14-17)27-21(22)23/h5-12,14,18,21H,3-4,13,15H2,1-2H3,(H,24,26). The lowest BCUT2D eigenvalue weighted by Crippen LogP contribution is -2.45. The molecule has 0 saturated carbocycles. The van der Waals surface area contributed by atoms with E-state index < -0.39 is 6.61 Å². The summed E-state index contributed by atoms with van der Waals surface area (Å²) < 4.78 is 29.1. The third kappa shape index (κ3) is 6.64. The zero-order chi connectivity index (χ0) is 19.6. The highest BCUT2D eigenvalue weighted by Gasteiger charge is 2.18. The predicted octanol–water partition coefficient (Wildman–Crippen LogP) is 3.97. The van der Waals surface area contributed by atoms with Gasteiger partial charge in [-0.3, -0.25) is 9.69 Å². The van der Waals surface area contributed by atoms with E-state index in [2.05, 4.69) is 40.9 Å². The number of alkyl halides is 2. The van der Waals surface area contributed by atoms with Crippen LogP contribution in [0.25, 0.3) is 0 Å². The zero-order valence-corrected chi connectivity index (χ0v) is 15.7. The third-order valence-corrected chi connectivity index (χ3v) is 4.46. The van der Waals surface area contributed by atoms with E-state index in [1.807, 2.05) is 18.2 Å². The summed E-state index contributed by atoms with van der Waals surface area (Å²) in [6, 6.07) is 16.1. The fourth-order valence-electron chi connectivity index (χ4n) is 3.08. The first-order valence-electron chi connectivity index (χ1n) is 9.14. The Morgan fingerprint density at radius 1 is 1.07 bits per heavy atom. The Morgan fingerprint density at radius 2 is 1.78 bits per heavy atom. The van der Waals surface area contributed by atoms with Gasteiger partial charge in [-0.2, -0.15) is 8.78 Å². The average molecular weight is 376 g/mol. The first-order chi connectivity index (χ1) is 13.0. The number of hydrogen-bond acceptors (Lipinski definition) is 3. The molecular weight excluding hydrogens is 350 g/mol. The predicted molar refractivity (Wildman–Crippen MR) is 102 cm³/mol. The number of ether oxygens (including phenoxy) is 1. The number of nitrogens with zero attached hydrogens (tertiary/aromatic N) is 1. The molecule has 0 bridgehead atoms. The molecule has 1 unspecified atom stereocenters. The SMILES string of the molecule is CCN(CC)C(CNC(=O)c1cccc(OC(F)F)c1)Cc1ccccc1. The zero-order valence-electron chi connectivity index (χ0n) is 15.7. The number of benzene rings is 2. The second-order valence-corrected chi connectivity index (χ2v) is 6.18. The maximum Gasteiger partial charge on any atom is 0.387 e. The second kappa shape index (κ2) is 10.6. The number of likely N-dealkylation sites (N-methyl/N-ethyl adjacent to an activating group) is 1. The van der Waals surface area contributed by atoms with Crippen molar-refractivity contribution < 1.29 is 18.3 Å². The minimum Gasteiger partial charge on any atom is -0.435 e. The number of hydrogen-bond donors (Lipinski definition) is 1. The first-order valence-corrected chi connectivity index (χ1v) is 9.14. The molecule has 27 heavy (non-hydrogen) atoms. The van der Waals surface area contributed by atoms with Gasteiger partial charge in [0.15, 0.2) is 0 Å². The van der Waals surface area contributed by atoms with Crippen molar-refractivity contribution in [1.82, 2.24) is 10.2 Å². The van der Waals surface area contributed by atoms with Gasteiger partial charge in [0.25, 0.3) is 5.91 Å². The van der Waals surface area contributed by atoms with Crippen LogP contribution in [-0.4, -0.2) is 43.1 Å². The Morgan fingerprint density at radius 3 is 2.41 bits per heavy atom. The van der Waals surface area contributed by atoms with Crippen LogP contribution < -0.4 is 10.1 Å². The molecule has 0 fully saturated rings. The highest BCUT2D eigenvalue weighted by molar-refractivity contribution is 5.94. The number of rotatable bonds is 10. The van der Waals surface area contributed by atoms with Crippen molar-refractivity contribution in [3.63, 3.8) is 0 Å². The summed E-state index contributed by atoms with van der Waals surface area (Å²) >= 11 is 0. The van der Waals surface area contributed by atoms with Crippen molar-refractivity contribution in [3.05, 3.63) is 65.7 Å². The van der Waals surface area contributed by atoms with Crippen molar-refractivity contribution in [2.45, 2.75) is 32.9 Å². The van der Waals surface area contributed by atoms with Crippen molar-refractivity contribution in [1.29, 1.82) is 0 Å². The molecule has 0 saturated heterocycles. The number of nitrogens with one attached hydrogen (secondary N) is 1. The maximum atomic E-state index is 12.5. The van der Waals surface area contributed by atoms with Crippen molar-refractivity contribution >= 4 is 5.91 Å². The first kappa shape index (κ1) is 20.8. The Bertz CT molecular complexity index is 706. The molecule has 2 aromatic carbocycles. The molecule has 4 nitrogen and oxygen atoms in total. The summed E-state index contributed by atoms with van der Waals surface area (Å²) in [4.78, 5) is 14.8. The largest absolute Gasteiger partial charge is 0.435 e. The van der Waals surface area contributed by atoms with Crippen molar-refractivity contribution in [2.75, 3.05) is 19.6 Å². The van der Waals surface area contributed by atoms with E-state index in [0.29, 0.717) is 12.1 Å². The van der Waals surface area contributed by atoms with Crippen LogP contribution in [0.1, 0.15) is 29.8 Å². The fraction of sp³-hybridized carbons (Fsp3) is 0.381. The smallest absolute Gasteiger partial charge is 0.387 e. The quantitative estimate of drug-likeness (QED) is 0.682. The molecule has 2 rings (SSSR count). The second-order valence-electron chi connectivity index (χ2n) is 6.18. The van der Waals surface area contributed by atoms with Gasteiger partial charge in [-0.15, -0.1) is 0 Å². The van der Waals surface area contributed by atoms with Crippen LogP contribution >= 0.6 is 0 Å². The molecule has 1 atom stereocenters. The number of amides is 1. The van der Waals surface area contributed by atoms with E-state index in [1.54, 1.807) is 6.07 Å². The summed E-state index contributed by atoms with van der Waals surface area (Å²) in [5.74, 6) is -0.331. The van der Waals surface area contributed by atoms with E-state index in [1.165, 1.54) is 23.8 Å². The van der Waals surface area contributed by atoms with Crippen LogP contribution in [0, 0.1) is 0 Å². The summed E-state index contributed by atoms with van der Waals surface area (Å²) in [5.41, 5.74) is 1.50.